The third-order valence-electron chi connectivity index (χ3n) is 5.26. The molecule has 0 aromatic heterocycles. The average molecular weight is 361 g/mol. The number of hydrogen-bond donors (Lipinski definition) is 1. The van der Waals surface area contributed by atoms with Crippen molar-refractivity contribution in [2.45, 2.75) is 37.6 Å². The first-order valence-corrected chi connectivity index (χ1v) is 9.44. The van der Waals surface area contributed by atoms with Crippen LogP contribution in [0.4, 0.5) is 4.39 Å². The average Bonchev–Trinajstić information content (AvgIpc) is 3.41. The Balaban J connectivity index is 1.71. The van der Waals surface area contributed by atoms with Gasteiger partial charge in [0.15, 0.2) is 0 Å². The van der Waals surface area contributed by atoms with Crippen molar-refractivity contribution in [3.05, 3.63) is 107 Å². The highest BCUT2D eigenvalue weighted by atomic mass is 19.1. The van der Waals surface area contributed by atoms with Crippen molar-refractivity contribution >= 4 is 0 Å². The molecule has 1 atom stereocenters. The van der Waals surface area contributed by atoms with Gasteiger partial charge in [0.2, 0.25) is 0 Å². The quantitative estimate of drug-likeness (QED) is 0.633. The Kier molecular flexibility index (Phi) is 5.06. The monoisotopic (exact) mass is 361 g/mol. The van der Waals surface area contributed by atoms with Crippen molar-refractivity contribution < 1.29 is 9.50 Å². The van der Waals surface area contributed by atoms with Crippen LogP contribution in [0, 0.1) is 5.82 Å². The zero-order valence-electron chi connectivity index (χ0n) is 15.3. The van der Waals surface area contributed by atoms with E-state index < -0.39 is 5.60 Å². The van der Waals surface area contributed by atoms with Gasteiger partial charge in [-0.3, -0.25) is 4.90 Å². The Morgan fingerprint density at radius 1 is 0.815 bits per heavy atom. The summed E-state index contributed by atoms with van der Waals surface area (Å²) in [5.41, 5.74) is 2.40. The molecule has 0 amide bonds. The molecular weight excluding hydrogens is 337 g/mol. The van der Waals surface area contributed by atoms with Gasteiger partial charge in [0.25, 0.3) is 0 Å². The Bertz CT molecular complexity index is 836. The van der Waals surface area contributed by atoms with E-state index in [0.717, 1.165) is 18.4 Å². The van der Waals surface area contributed by atoms with Crippen molar-refractivity contribution in [2.24, 2.45) is 0 Å². The van der Waals surface area contributed by atoms with E-state index in [9.17, 15) is 9.50 Å². The Labute approximate surface area is 159 Å². The predicted octanol–water partition coefficient (Wildman–Crippen LogP) is 5.09. The molecule has 1 saturated carbocycles. The number of rotatable bonds is 7. The van der Waals surface area contributed by atoms with Crippen LogP contribution in [0.25, 0.3) is 0 Å². The van der Waals surface area contributed by atoms with Gasteiger partial charge in [0, 0.05) is 13.1 Å². The molecule has 3 heteroatoms. The van der Waals surface area contributed by atoms with Crippen LogP contribution in [0.5, 0.6) is 0 Å². The SMILES string of the molecule is OC1(C(c2cccc(F)c2)N(Cc2ccccc2)Cc2ccccc2)CC1. The number of halogens is 1. The van der Waals surface area contributed by atoms with E-state index in [1.807, 2.05) is 42.5 Å². The highest BCUT2D eigenvalue weighted by molar-refractivity contribution is 5.28. The second-order valence-corrected chi connectivity index (χ2v) is 7.44. The molecule has 1 unspecified atom stereocenters. The molecule has 138 valence electrons. The van der Waals surface area contributed by atoms with Gasteiger partial charge in [-0.2, -0.15) is 0 Å². The normalized spacial score (nSPS) is 16.3. The van der Waals surface area contributed by atoms with Gasteiger partial charge in [-0.25, -0.2) is 4.39 Å². The van der Waals surface area contributed by atoms with Crippen LogP contribution < -0.4 is 0 Å². The van der Waals surface area contributed by atoms with Crippen LogP contribution in [-0.2, 0) is 13.1 Å². The maximum atomic E-state index is 14.0. The number of aliphatic hydroxyl groups is 1. The first kappa shape index (κ1) is 17.9. The largest absolute Gasteiger partial charge is 0.388 e. The summed E-state index contributed by atoms with van der Waals surface area (Å²) in [7, 11) is 0. The number of hydrogen-bond acceptors (Lipinski definition) is 2. The van der Waals surface area contributed by atoms with E-state index in [0.29, 0.717) is 13.1 Å². The summed E-state index contributed by atoms with van der Waals surface area (Å²) in [6, 6.07) is 26.9. The lowest BCUT2D eigenvalue weighted by Crippen LogP contribution is -2.37. The molecule has 3 aromatic carbocycles. The standard InChI is InChI=1S/C24H24FNO/c25-22-13-7-12-21(16-22)23(24(27)14-15-24)26(17-19-8-3-1-4-9-19)18-20-10-5-2-6-11-20/h1-13,16,23,27H,14-15,17-18H2. The first-order valence-electron chi connectivity index (χ1n) is 9.44. The van der Waals surface area contributed by atoms with Crippen molar-refractivity contribution in [3.8, 4) is 0 Å². The summed E-state index contributed by atoms with van der Waals surface area (Å²) in [4.78, 5) is 2.27. The minimum Gasteiger partial charge on any atom is -0.388 e. The van der Waals surface area contributed by atoms with E-state index in [4.69, 9.17) is 0 Å². The third kappa shape index (κ3) is 4.26. The van der Waals surface area contributed by atoms with Gasteiger partial charge >= 0.3 is 0 Å². The van der Waals surface area contributed by atoms with Gasteiger partial charge in [-0.1, -0.05) is 72.8 Å². The zero-order chi connectivity index (χ0) is 18.7. The zero-order valence-corrected chi connectivity index (χ0v) is 15.3. The topological polar surface area (TPSA) is 23.5 Å². The predicted molar refractivity (Wildman–Crippen MR) is 105 cm³/mol. The molecule has 1 aliphatic rings. The van der Waals surface area contributed by atoms with E-state index in [2.05, 4.69) is 29.2 Å². The van der Waals surface area contributed by atoms with E-state index >= 15 is 0 Å². The maximum absolute atomic E-state index is 14.0. The Morgan fingerprint density at radius 3 is 1.85 bits per heavy atom. The molecule has 0 heterocycles. The highest BCUT2D eigenvalue weighted by Crippen LogP contribution is 2.49. The number of nitrogens with zero attached hydrogens (tertiary/aromatic N) is 1. The highest BCUT2D eigenvalue weighted by Gasteiger charge is 2.50. The van der Waals surface area contributed by atoms with Crippen LogP contribution in [0.15, 0.2) is 84.9 Å². The van der Waals surface area contributed by atoms with Crippen LogP contribution in [0.1, 0.15) is 35.6 Å². The fraction of sp³-hybridized carbons (Fsp3) is 0.250. The summed E-state index contributed by atoms with van der Waals surface area (Å²) in [5.74, 6) is -0.263. The Hall–Kier alpha value is -2.49. The molecule has 4 rings (SSSR count). The molecule has 0 bridgehead atoms. The summed E-state index contributed by atoms with van der Waals surface area (Å²) >= 11 is 0. The summed E-state index contributed by atoms with van der Waals surface area (Å²) in [6.45, 7) is 1.39. The molecule has 1 N–H and O–H groups in total. The molecule has 1 fully saturated rings. The molecule has 0 saturated heterocycles. The fourth-order valence-corrected chi connectivity index (χ4v) is 3.81. The van der Waals surface area contributed by atoms with E-state index in [1.165, 1.54) is 17.2 Å². The summed E-state index contributed by atoms with van der Waals surface area (Å²) in [6.07, 6.45) is 1.49. The second-order valence-electron chi connectivity index (χ2n) is 7.44. The minimum absolute atomic E-state index is 0.242. The van der Waals surface area contributed by atoms with Gasteiger partial charge < -0.3 is 5.11 Å². The van der Waals surface area contributed by atoms with Crippen molar-refractivity contribution in [3.63, 3.8) is 0 Å². The lowest BCUT2D eigenvalue weighted by atomic mass is 9.96. The fourth-order valence-electron chi connectivity index (χ4n) is 3.81. The molecule has 0 aliphatic heterocycles. The minimum atomic E-state index is -0.794. The van der Waals surface area contributed by atoms with Gasteiger partial charge in [-0.15, -0.1) is 0 Å². The van der Waals surface area contributed by atoms with Crippen LogP contribution in [-0.4, -0.2) is 15.6 Å². The van der Waals surface area contributed by atoms with E-state index in [-0.39, 0.29) is 11.9 Å². The van der Waals surface area contributed by atoms with Crippen molar-refractivity contribution in [1.82, 2.24) is 4.90 Å². The molecule has 0 spiro atoms. The second kappa shape index (κ2) is 7.63. The smallest absolute Gasteiger partial charge is 0.123 e. The third-order valence-corrected chi connectivity index (χ3v) is 5.26. The van der Waals surface area contributed by atoms with Crippen molar-refractivity contribution in [1.29, 1.82) is 0 Å². The van der Waals surface area contributed by atoms with Crippen LogP contribution in [0.2, 0.25) is 0 Å². The summed E-state index contributed by atoms with van der Waals surface area (Å²) in [5, 5.41) is 11.1. The van der Waals surface area contributed by atoms with E-state index in [1.54, 1.807) is 12.1 Å². The van der Waals surface area contributed by atoms with Gasteiger partial charge in [0.05, 0.1) is 11.6 Å². The van der Waals surface area contributed by atoms with Crippen molar-refractivity contribution in [2.75, 3.05) is 0 Å². The lowest BCUT2D eigenvalue weighted by molar-refractivity contribution is 0.0188. The van der Waals surface area contributed by atoms with Crippen LogP contribution in [0.3, 0.4) is 0 Å². The molecule has 2 nitrogen and oxygen atoms in total. The van der Waals surface area contributed by atoms with Gasteiger partial charge in [-0.05, 0) is 41.7 Å². The molecular formula is C24H24FNO. The molecule has 1 aliphatic carbocycles. The lowest BCUT2D eigenvalue weighted by Gasteiger charge is -2.36. The maximum Gasteiger partial charge on any atom is 0.123 e. The molecule has 3 aromatic rings. The molecule has 0 radical (unpaired) electrons. The van der Waals surface area contributed by atoms with Crippen LogP contribution >= 0.6 is 0 Å². The number of benzene rings is 3. The molecule has 27 heavy (non-hydrogen) atoms. The van der Waals surface area contributed by atoms with Gasteiger partial charge in [0.1, 0.15) is 5.82 Å². The Morgan fingerprint density at radius 2 is 1.37 bits per heavy atom. The first-order chi connectivity index (χ1) is 13.1. The summed E-state index contributed by atoms with van der Waals surface area (Å²) < 4.78 is 14.0.